The van der Waals surface area contributed by atoms with Crippen LogP contribution in [-0.4, -0.2) is 11.1 Å². The van der Waals surface area contributed by atoms with Crippen molar-refractivity contribution >= 4 is 27.6 Å². The zero-order valence-electron chi connectivity index (χ0n) is 9.74. The molecule has 0 aliphatic heterocycles. The Kier molecular flexibility index (Phi) is 3.72. The molecule has 18 heavy (non-hydrogen) atoms. The van der Waals surface area contributed by atoms with E-state index in [1.165, 1.54) is 12.3 Å². The maximum absolute atomic E-state index is 10.7. The van der Waals surface area contributed by atoms with Crippen molar-refractivity contribution in [1.29, 1.82) is 0 Å². The Bertz CT molecular complexity index is 577. The van der Waals surface area contributed by atoms with Crippen molar-refractivity contribution in [2.24, 2.45) is 0 Å². The second-order valence-corrected chi connectivity index (χ2v) is 4.80. The molecule has 0 aliphatic rings. The maximum Gasteiger partial charge on any atom is 0.338 e. The molecule has 1 heterocycles. The summed E-state index contributed by atoms with van der Waals surface area (Å²) in [5.74, 6) is -0.400. The minimum atomic E-state index is -0.985. The van der Waals surface area contributed by atoms with Crippen LogP contribution >= 0.6 is 15.9 Å². The van der Waals surface area contributed by atoms with Crippen LogP contribution in [0.2, 0.25) is 0 Å². The Hall–Kier alpha value is -1.75. The summed E-state index contributed by atoms with van der Waals surface area (Å²) in [7, 11) is 0. The lowest BCUT2D eigenvalue weighted by Gasteiger charge is -2.07. The zero-order valence-corrected chi connectivity index (χ0v) is 11.3. The van der Waals surface area contributed by atoms with Gasteiger partial charge in [0.05, 0.1) is 12.1 Å². The van der Waals surface area contributed by atoms with E-state index in [0.29, 0.717) is 12.3 Å². The van der Waals surface area contributed by atoms with E-state index in [9.17, 15) is 4.79 Å². The number of aromatic carboxylic acids is 1. The lowest BCUT2D eigenvalue weighted by Crippen LogP contribution is -1.99. The normalized spacial score (nSPS) is 10.3. The smallest absolute Gasteiger partial charge is 0.338 e. The van der Waals surface area contributed by atoms with Crippen molar-refractivity contribution in [3.8, 4) is 0 Å². The molecule has 0 spiro atoms. The van der Waals surface area contributed by atoms with E-state index in [0.717, 1.165) is 15.7 Å². The lowest BCUT2D eigenvalue weighted by atomic mass is 10.2. The molecule has 0 saturated carbocycles. The van der Waals surface area contributed by atoms with Crippen LogP contribution in [0.25, 0.3) is 0 Å². The highest BCUT2D eigenvalue weighted by atomic mass is 79.9. The molecule has 2 N–H and O–H groups in total. The van der Waals surface area contributed by atoms with Gasteiger partial charge in [-0.15, -0.1) is 0 Å². The molecular weight excluding hydrogens is 298 g/mol. The molecular formula is C13H12BrNO3. The van der Waals surface area contributed by atoms with Crippen molar-refractivity contribution in [3.05, 3.63) is 51.9 Å². The first-order valence-electron chi connectivity index (χ1n) is 5.37. The van der Waals surface area contributed by atoms with Gasteiger partial charge in [-0.25, -0.2) is 4.79 Å². The third-order valence-electron chi connectivity index (χ3n) is 2.48. The molecule has 0 atom stereocenters. The van der Waals surface area contributed by atoms with Gasteiger partial charge in [-0.2, -0.15) is 0 Å². The highest BCUT2D eigenvalue weighted by Gasteiger charge is 2.08. The van der Waals surface area contributed by atoms with E-state index < -0.39 is 5.97 Å². The minimum absolute atomic E-state index is 0.162. The largest absolute Gasteiger partial charge is 0.478 e. The Labute approximate surface area is 113 Å². The van der Waals surface area contributed by atoms with Gasteiger partial charge in [-0.3, -0.25) is 0 Å². The molecule has 4 nitrogen and oxygen atoms in total. The number of rotatable bonds is 4. The molecule has 1 aromatic carbocycles. The van der Waals surface area contributed by atoms with Crippen molar-refractivity contribution in [2.75, 3.05) is 5.32 Å². The fourth-order valence-corrected chi connectivity index (χ4v) is 1.93. The van der Waals surface area contributed by atoms with Gasteiger partial charge in [0.2, 0.25) is 0 Å². The molecule has 0 radical (unpaired) electrons. The first kappa shape index (κ1) is 12.7. The number of carbonyl (C=O) groups is 1. The summed E-state index contributed by atoms with van der Waals surface area (Å²) >= 11 is 3.45. The van der Waals surface area contributed by atoms with Gasteiger partial charge in [-0.1, -0.05) is 6.07 Å². The van der Waals surface area contributed by atoms with Gasteiger partial charge in [0.15, 0.2) is 0 Å². The van der Waals surface area contributed by atoms with Crippen LogP contribution in [0.5, 0.6) is 0 Å². The van der Waals surface area contributed by atoms with Gasteiger partial charge in [-0.05, 0) is 46.6 Å². The summed E-state index contributed by atoms with van der Waals surface area (Å²) in [6, 6.07) is 7.48. The molecule has 2 aromatic rings. The number of carboxylic acid groups (broad SMARTS) is 1. The van der Waals surface area contributed by atoms with E-state index in [4.69, 9.17) is 9.52 Å². The molecule has 5 heteroatoms. The maximum atomic E-state index is 10.7. The number of anilines is 1. The third-order valence-corrected chi connectivity index (χ3v) is 3.17. The number of benzene rings is 1. The highest BCUT2D eigenvalue weighted by molar-refractivity contribution is 9.10. The predicted octanol–water partition coefficient (Wildman–Crippen LogP) is 3.66. The Morgan fingerprint density at radius 3 is 2.89 bits per heavy atom. The first-order chi connectivity index (χ1) is 8.56. The standard InChI is InChI=1S/C13H12BrNO3/c1-8-2-3-11(14)12(4-8)15-6-10-5-9(7-18-10)13(16)17/h2-5,7,15H,6H2,1H3,(H,16,17). The Morgan fingerprint density at radius 2 is 2.22 bits per heavy atom. The zero-order chi connectivity index (χ0) is 13.1. The summed E-state index contributed by atoms with van der Waals surface area (Å²) in [5, 5.41) is 12.0. The van der Waals surface area contributed by atoms with Crippen LogP contribution in [0, 0.1) is 6.92 Å². The third kappa shape index (κ3) is 2.92. The molecule has 94 valence electrons. The average molecular weight is 310 g/mol. The quantitative estimate of drug-likeness (QED) is 0.904. The molecule has 1 aromatic heterocycles. The minimum Gasteiger partial charge on any atom is -0.478 e. The number of aryl methyl sites for hydroxylation is 1. The SMILES string of the molecule is Cc1ccc(Br)c(NCc2cc(C(=O)O)co2)c1. The van der Waals surface area contributed by atoms with Gasteiger partial charge in [0.25, 0.3) is 0 Å². The number of hydrogen-bond donors (Lipinski definition) is 2. The van der Waals surface area contributed by atoms with Crippen molar-refractivity contribution in [1.82, 2.24) is 0 Å². The van der Waals surface area contributed by atoms with Crippen LogP contribution in [0.4, 0.5) is 5.69 Å². The van der Waals surface area contributed by atoms with E-state index >= 15 is 0 Å². The van der Waals surface area contributed by atoms with Gasteiger partial charge in [0.1, 0.15) is 12.0 Å². The fraction of sp³-hybridized carbons (Fsp3) is 0.154. The molecule has 0 saturated heterocycles. The number of nitrogens with one attached hydrogen (secondary N) is 1. The summed E-state index contributed by atoms with van der Waals surface area (Å²) in [4.78, 5) is 10.7. The Morgan fingerprint density at radius 1 is 1.44 bits per heavy atom. The molecule has 0 amide bonds. The van der Waals surface area contributed by atoms with Crippen molar-refractivity contribution in [2.45, 2.75) is 13.5 Å². The lowest BCUT2D eigenvalue weighted by molar-refractivity contribution is 0.0696. The van der Waals surface area contributed by atoms with E-state index in [1.54, 1.807) is 0 Å². The molecule has 0 unspecified atom stereocenters. The molecule has 0 fully saturated rings. The Balaban J connectivity index is 2.06. The second kappa shape index (κ2) is 5.27. The van der Waals surface area contributed by atoms with Gasteiger partial charge < -0.3 is 14.8 Å². The van der Waals surface area contributed by atoms with E-state index in [1.807, 2.05) is 25.1 Å². The average Bonchev–Trinajstić information content (AvgIpc) is 2.79. The number of furan rings is 1. The highest BCUT2D eigenvalue weighted by Crippen LogP contribution is 2.24. The summed E-state index contributed by atoms with van der Waals surface area (Å²) in [5.41, 5.74) is 2.25. The summed E-state index contributed by atoms with van der Waals surface area (Å²) in [6.07, 6.45) is 1.24. The van der Waals surface area contributed by atoms with Crippen LogP contribution in [-0.2, 0) is 6.54 Å². The van der Waals surface area contributed by atoms with E-state index in [2.05, 4.69) is 21.2 Å². The van der Waals surface area contributed by atoms with Crippen molar-refractivity contribution in [3.63, 3.8) is 0 Å². The van der Waals surface area contributed by atoms with Crippen LogP contribution in [0.15, 0.2) is 39.4 Å². The number of halogens is 1. The van der Waals surface area contributed by atoms with Crippen LogP contribution in [0.1, 0.15) is 21.7 Å². The fourth-order valence-electron chi connectivity index (χ4n) is 1.54. The summed E-state index contributed by atoms with van der Waals surface area (Å²) in [6.45, 7) is 2.45. The monoisotopic (exact) mass is 309 g/mol. The molecule has 2 rings (SSSR count). The molecule has 0 aliphatic carbocycles. The predicted molar refractivity (Wildman–Crippen MR) is 71.9 cm³/mol. The van der Waals surface area contributed by atoms with Crippen molar-refractivity contribution < 1.29 is 14.3 Å². The summed E-state index contributed by atoms with van der Waals surface area (Å²) < 4.78 is 6.12. The van der Waals surface area contributed by atoms with E-state index in [-0.39, 0.29) is 5.56 Å². The van der Waals surface area contributed by atoms with Crippen LogP contribution in [0.3, 0.4) is 0 Å². The number of hydrogen-bond acceptors (Lipinski definition) is 3. The number of carboxylic acids is 1. The topological polar surface area (TPSA) is 62.5 Å². The van der Waals surface area contributed by atoms with Gasteiger partial charge in [0, 0.05) is 10.2 Å². The second-order valence-electron chi connectivity index (χ2n) is 3.94. The van der Waals surface area contributed by atoms with Crippen LogP contribution < -0.4 is 5.32 Å². The molecule has 0 bridgehead atoms. The first-order valence-corrected chi connectivity index (χ1v) is 6.16. The van der Waals surface area contributed by atoms with Gasteiger partial charge >= 0.3 is 5.97 Å².